The van der Waals surface area contributed by atoms with Crippen molar-refractivity contribution >= 4 is 0 Å². The Kier molecular flexibility index (Phi) is 3.89. The molecule has 1 saturated carbocycles. The Labute approximate surface area is 118 Å². The third kappa shape index (κ3) is 2.84. The average Bonchev–Trinajstić information content (AvgIpc) is 2.84. The van der Waals surface area contributed by atoms with Crippen LogP contribution in [0.3, 0.4) is 0 Å². The van der Waals surface area contributed by atoms with Crippen molar-refractivity contribution in [2.75, 3.05) is 45.8 Å². The van der Waals surface area contributed by atoms with E-state index in [9.17, 15) is 0 Å². The zero-order valence-corrected chi connectivity index (χ0v) is 13.2. The highest BCUT2D eigenvalue weighted by atomic mass is 15.3. The van der Waals surface area contributed by atoms with Gasteiger partial charge in [0.05, 0.1) is 0 Å². The van der Waals surface area contributed by atoms with Crippen molar-refractivity contribution in [1.29, 1.82) is 0 Å². The van der Waals surface area contributed by atoms with Gasteiger partial charge in [0.15, 0.2) is 0 Å². The van der Waals surface area contributed by atoms with Crippen LogP contribution in [0.15, 0.2) is 0 Å². The van der Waals surface area contributed by atoms with Crippen LogP contribution in [0.2, 0.25) is 0 Å². The monoisotopic (exact) mass is 265 g/mol. The molecule has 0 aromatic rings. The molecule has 3 rings (SSSR count). The Bertz CT molecular complexity index is 289. The topological polar surface area (TPSA) is 9.72 Å². The van der Waals surface area contributed by atoms with E-state index in [1.165, 1.54) is 45.8 Å². The molecule has 0 amide bonds. The first kappa shape index (κ1) is 13.8. The van der Waals surface area contributed by atoms with E-state index in [1.807, 2.05) is 0 Å². The van der Waals surface area contributed by atoms with E-state index in [4.69, 9.17) is 0 Å². The van der Waals surface area contributed by atoms with Crippen molar-refractivity contribution in [3.8, 4) is 0 Å². The van der Waals surface area contributed by atoms with Gasteiger partial charge in [0, 0.05) is 57.9 Å². The lowest BCUT2D eigenvalue weighted by Crippen LogP contribution is -2.49. The predicted octanol–water partition coefficient (Wildman–Crippen LogP) is 1.60. The molecule has 0 bridgehead atoms. The Morgan fingerprint density at radius 2 is 1.32 bits per heavy atom. The summed E-state index contributed by atoms with van der Waals surface area (Å²) in [6, 6.07) is 1.48. The Hall–Kier alpha value is -0.120. The second-order valence-corrected chi connectivity index (χ2v) is 7.47. The van der Waals surface area contributed by atoms with Crippen LogP contribution in [0.5, 0.6) is 0 Å². The molecule has 2 saturated heterocycles. The van der Waals surface area contributed by atoms with E-state index in [-0.39, 0.29) is 0 Å². The van der Waals surface area contributed by atoms with Crippen LogP contribution in [0.25, 0.3) is 0 Å². The summed E-state index contributed by atoms with van der Waals surface area (Å²) in [6.07, 6.45) is 0. The fourth-order valence-corrected chi connectivity index (χ4v) is 4.13. The van der Waals surface area contributed by atoms with Crippen LogP contribution in [0.4, 0.5) is 0 Å². The molecule has 2 aliphatic heterocycles. The minimum atomic E-state index is 0.724. The van der Waals surface area contributed by atoms with Crippen molar-refractivity contribution in [1.82, 2.24) is 14.7 Å². The summed E-state index contributed by atoms with van der Waals surface area (Å²) < 4.78 is 0. The van der Waals surface area contributed by atoms with Crippen molar-refractivity contribution in [3.05, 3.63) is 0 Å². The van der Waals surface area contributed by atoms with Gasteiger partial charge in [-0.15, -0.1) is 0 Å². The normalized spacial score (nSPS) is 37.3. The van der Waals surface area contributed by atoms with Gasteiger partial charge in [-0.3, -0.25) is 4.90 Å². The highest BCUT2D eigenvalue weighted by molar-refractivity contribution is 5.06. The summed E-state index contributed by atoms with van der Waals surface area (Å²) in [5.74, 6) is 3.09. The molecule has 0 aromatic heterocycles. The molecular weight excluding hydrogens is 234 g/mol. The maximum atomic E-state index is 2.72. The largest absolute Gasteiger partial charge is 0.300 e. The fourth-order valence-electron chi connectivity index (χ4n) is 4.13. The maximum absolute atomic E-state index is 2.72. The molecule has 3 fully saturated rings. The van der Waals surface area contributed by atoms with Crippen LogP contribution in [-0.4, -0.2) is 72.6 Å². The minimum Gasteiger partial charge on any atom is -0.300 e. The maximum Gasteiger partial charge on any atom is 0.0113 e. The molecule has 0 aromatic carbocycles. The summed E-state index contributed by atoms with van der Waals surface area (Å²) >= 11 is 0. The molecule has 0 unspecified atom stereocenters. The molecule has 0 radical (unpaired) electrons. The van der Waals surface area contributed by atoms with E-state index in [1.54, 1.807) is 0 Å². The molecule has 2 heterocycles. The first-order valence-corrected chi connectivity index (χ1v) is 8.26. The van der Waals surface area contributed by atoms with Gasteiger partial charge in [0.25, 0.3) is 0 Å². The quantitative estimate of drug-likeness (QED) is 0.764. The number of likely N-dealkylation sites (tertiary alicyclic amines) is 1. The highest BCUT2D eigenvalue weighted by Crippen LogP contribution is 2.52. The molecule has 3 heteroatoms. The number of rotatable bonds is 4. The minimum absolute atomic E-state index is 0.724. The lowest BCUT2D eigenvalue weighted by atomic mass is 10.2. The lowest BCUT2D eigenvalue weighted by Gasteiger charge is -2.37. The van der Waals surface area contributed by atoms with Crippen molar-refractivity contribution in [2.24, 2.45) is 17.8 Å². The Morgan fingerprint density at radius 3 is 1.79 bits per heavy atom. The average molecular weight is 265 g/mol. The first-order chi connectivity index (χ1) is 9.06. The Morgan fingerprint density at radius 1 is 0.789 bits per heavy atom. The highest BCUT2D eigenvalue weighted by Gasteiger charge is 2.55. The van der Waals surface area contributed by atoms with Crippen LogP contribution in [0.1, 0.15) is 27.7 Å². The summed E-state index contributed by atoms with van der Waals surface area (Å²) in [6.45, 7) is 18.6. The molecule has 3 aliphatic rings. The molecular formula is C16H31N3. The third-order valence-corrected chi connectivity index (χ3v) is 5.74. The summed E-state index contributed by atoms with van der Waals surface area (Å²) in [5, 5.41) is 0. The Balaban J connectivity index is 1.39. The summed E-state index contributed by atoms with van der Waals surface area (Å²) in [4.78, 5) is 8.01. The second kappa shape index (κ2) is 5.34. The number of piperazine rings is 1. The molecule has 110 valence electrons. The number of hydrogen-bond acceptors (Lipinski definition) is 3. The zero-order chi connectivity index (χ0) is 13.6. The van der Waals surface area contributed by atoms with E-state index < -0.39 is 0 Å². The summed E-state index contributed by atoms with van der Waals surface area (Å²) in [5.41, 5.74) is 0. The number of hydrogen-bond donors (Lipinski definition) is 0. The van der Waals surface area contributed by atoms with Crippen LogP contribution < -0.4 is 0 Å². The number of piperidine rings is 1. The van der Waals surface area contributed by atoms with Crippen molar-refractivity contribution < 1.29 is 0 Å². The SMILES string of the molecule is CC(C)N1CCN(C[C@@H]2[C@H]3CN(C(C)C)C[C@@H]23)CC1. The second-order valence-electron chi connectivity index (χ2n) is 7.47. The van der Waals surface area contributed by atoms with Gasteiger partial charge < -0.3 is 9.80 Å². The van der Waals surface area contributed by atoms with Gasteiger partial charge in [0.2, 0.25) is 0 Å². The van der Waals surface area contributed by atoms with Crippen LogP contribution >= 0.6 is 0 Å². The van der Waals surface area contributed by atoms with Crippen molar-refractivity contribution in [3.63, 3.8) is 0 Å². The molecule has 1 aliphatic carbocycles. The van der Waals surface area contributed by atoms with Gasteiger partial charge in [0.1, 0.15) is 0 Å². The zero-order valence-electron chi connectivity index (χ0n) is 13.2. The molecule has 19 heavy (non-hydrogen) atoms. The standard InChI is InChI=1S/C16H31N3/c1-12(2)18-7-5-17(6-8-18)9-14-15-10-19(13(3)4)11-16(14)15/h12-16H,5-11H2,1-4H3/t14-,15-,16+. The van der Waals surface area contributed by atoms with E-state index in [2.05, 4.69) is 42.4 Å². The van der Waals surface area contributed by atoms with Gasteiger partial charge >= 0.3 is 0 Å². The van der Waals surface area contributed by atoms with E-state index in [0.29, 0.717) is 0 Å². The molecule has 3 atom stereocenters. The predicted molar refractivity (Wildman–Crippen MR) is 80.3 cm³/mol. The van der Waals surface area contributed by atoms with Gasteiger partial charge in [-0.2, -0.15) is 0 Å². The smallest absolute Gasteiger partial charge is 0.0113 e. The first-order valence-electron chi connectivity index (χ1n) is 8.26. The summed E-state index contributed by atoms with van der Waals surface area (Å²) in [7, 11) is 0. The van der Waals surface area contributed by atoms with Crippen LogP contribution in [-0.2, 0) is 0 Å². The van der Waals surface area contributed by atoms with E-state index >= 15 is 0 Å². The molecule has 0 N–H and O–H groups in total. The van der Waals surface area contributed by atoms with Gasteiger partial charge in [-0.1, -0.05) is 0 Å². The van der Waals surface area contributed by atoms with Crippen molar-refractivity contribution in [2.45, 2.75) is 39.8 Å². The van der Waals surface area contributed by atoms with E-state index in [0.717, 1.165) is 29.8 Å². The number of nitrogens with zero attached hydrogens (tertiary/aromatic N) is 3. The van der Waals surface area contributed by atoms with Gasteiger partial charge in [-0.25, -0.2) is 0 Å². The fraction of sp³-hybridized carbons (Fsp3) is 1.00. The lowest BCUT2D eigenvalue weighted by molar-refractivity contribution is 0.0995. The number of fused-ring (bicyclic) bond motifs is 1. The third-order valence-electron chi connectivity index (χ3n) is 5.74. The van der Waals surface area contributed by atoms with Gasteiger partial charge in [-0.05, 0) is 45.4 Å². The molecule has 0 spiro atoms. The van der Waals surface area contributed by atoms with Crippen LogP contribution in [0, 0.1) is 17.8 Å². The molecule has 3 nitrogen and oxygen atoms in total.